The molecule has 0 saturated carbocycles. The number of carboxylic acid groups (broad SMARTS) is 1. The highest BCUT2D eigenvalue weighted by Crippen LogP contribution is 2.36. The molecule has 0 fully saturated rings. The van der Waals surface area contributed by atoms with E-state index in [0.29, 0.717) is 0 Å². The molecule has 0 saturated heterocycles. The third-order valence-corrected chi connectivity index (χ3v) is 3.27. The molecule has 1 atom stereocenters. The molecule has 0 amide bonds. The van der Waals surface area contributed by atoms with Crippen molar-refractivity contribution in [3.8, 4) is 5.75 Å². The summed E-state index contributed by atoms with van der Waals surface area (Å²) in [7, 11) is 0. The topological polar surface area (TPSA) is 46.5 Å². The highest BCUT2D eigenvalue weighted by atomic mass is 16.5. The van der Waals surface area contributed by atoms with Crippen LogP contribution in [-0.4, -0.2) is 16.7 Å². The lowest BCUT2D eigenvalue weighted by molar-refractivity contribution is -0.142. The van der Waals surface area contributed by atoms with Gasteiger partial charge >= 0.3 is 5.97 Å². The van der Waals surface area contributed by atoms with E-state index in [2.05, 4.69) is 0 Å². The minimum atomic E-state index is -0.791. The second-order valence-electron chi connectivity index (χ2n) is 4.32. The fourth-order valence-electron chi connectivity index (χ4n) is 2.23. The van der Waals surface area contributed by atoms with Gasteiger partial charge in [-0.1, -0.05) is 25.1 Å². The molecule has 16 heavy (non-hydrogen) atoms. The van der Waals surface area contributed by atoms with Crippen LogP contribution in [0.3, 0.4) is 0 Å². The molecule has 3 heteroatoms. The number of aliphatic carboxylic acids is 1. The standard InChI is InChI=1S/C13H16O3/c1-2-13(9-12(14)15)8-7-10-5-3-4-6-11(10)16-13/h3-6H,2,7-9H2,1H3,(H,14,15). The van der Waals surface area contributed by atoms with Gasteiger partial charge < -0.3 is 9.84 Å². The van der Waals surface area contributed by atoms with Crippen LogP contribution in [0.4, 0.5) is 0 Å². The van der Waals surface area contributed by atoms with E-state index in [1.54, 1.807) is 0 Å². The molecule has 0 radical (unpaired) electrons. The lowest BCUT2D eigenvalue weighted by atomic mass is 9.86. The molecule has 86 valence electrons. The number of rotatable bonds is 3. The van der Waals surface area contributed by atoms with E-state index in [9.17, 15) is 4.79 Å². The van der Waals surface area contributed by atoms with Crippen LogP contribution in [0, 0.1) is 0 Å². The van der Waals surface area contributed by atoms with Crippen LogP contribution in [0.1, 0.15) is 31.7 Å². The van der Waals surface area contributed by atoms with Gasteiger partial charge in [-0.2, -0.15) is 0 Å². The Labute approximate surface area is 95.0 Å². The van der Waals surface area contributed by atoms with Crippen LogP contribution in [0.2, 0.25) is 0 Å². The van der Waals surface area contributed by atoms with Crippen molar-refractivity contribution in [2.24, 2.45) is 0 Å². The molecule has 0 bridgehead atoms. The molecule has 1 aliphatic rings. The summed E-state index contributed by atoms with van der Waals surface area (Å²) >= 11 is 0. The molecule has 3 nitrogen and oxygen atoms in total. The second-order valence-corrected chi connectivity index (χ2v) is 4.32. The smallest absolute Gasteiger partial charge is 0.307 e. The number of carbonyl (C=O) groups is 1. The minimum Gasteiger partial charge on any atom is -0.486 e. The average Bonchev–Trinajstić information content (AvgIpc) is 2.28. The first kappa shape index (κ1) is 11.0. The number of carboxylic acids is 1. The Morgan fingerprint density at radius 1 is 1.50 bits per heavy atom. The third kappa shape index (κ3) is 2.03. The zero-order chi connectivity index (χ0) is 11.6. The van der Waals surface area contributed by atoms with Gasteiger partial charge in [-0.3, -0.25) is 4.79 Å². The number of fused-ring (bicyclic) bond motifs is 1. The van der Waals surface area contributed by atoms with E-state index in [0.717, 1.165) is 25.0 Å². The number of benzene rings is 1. The molecule has 1 heterocycles. The Balaban J connectivity index is 2.24. The van der Waals surface area contributed by atoms with E-state index < -0.39 is 11.6 Å². The van der Waals surface area contributed by atoms with Crippen molar-refractivity contribution >= 4 is 5.97 Å². The minimum absolute atomic E-state index is 0.0812. The summed E-state index contributed by atoms with van der Waals surface area (Å²) in [5, 5.41) is 8.93. The molecule has 1 aromatic rings. The number of ether oxygens (including phenoxy) is 1. The molecule has 0 aromatic heterocycles. The maximum atomic E-state index is 10.9. The van der Waals surface area contributed by atoms with E-state index in [1.165, 1.54) is 5.56 Å². The summed E-state index contributed by atoms with van der Waals surface area (Å²) in [4.78, 5) is 10.9. The van der Waals surface area contributed by atoms with Gasteiger partial charge in [0, 0.05) is 0 Å². The summed E-state index contributed by atoms with van der Waals surface area (Å²) in [6.07, 6.45) is 2.50. The molecule has 1 aromatic carbocycles. The van der Waals surface area contributed by atoms with Crippen molar-refractivity contribution < 1.29 is 14.6 Å². The van der Waals surface area contributed by atoms with Crippen molar-refractivity contribution in [1.29, 1.82) is 0 Å². The van der Waals surface area contributed by atoms with Gasteiger partial charge in [0.05, 0.1) is 6.42 Å². The van der Waals surface area contributed by atoms with Gasteiger partial charge in [0.15, 0.2) is 0 Å². The van der Waals surface area contributed by atoms with Gasteiger partial charge in [0.1, 0.15) is 11.4 Å². The summed E-state index contributed by atoms with van der Waals surface area (Å²) in [6, 6.07) is 7.86. The number of hydrogen-bond acceptors (Lipinski definition) is 2. The lowest BCUT2D eigenvalue weighted by Crippen LogP contribution is -2.41. The van der Waals surface area contributed by atoms with Crippen molar-refractivity contribution in [2.45, 2.75) is 38.2 Å². The van der Waals surface area contributed by atoms with Gasteiger partial charge in [0.25, 0.3) is 0 Å². The SMILES string of the molecule is CCC1(CC(=O)O)CCc2ccccc2O1. The fourth-order valence-corrected chi connectivity index (χ4v) is 2.23. The first-order valence-corrected chi connectivity index (χ1v) is 5.64. The number of para-hydroxylation sites is 1. The van der Waals surface area contributed by atoms with Crippen molar-refractivity contribution in [3.63, 3.8) is 0 Å². The second kappa shape index (κ2) is 4.16. The normalized spacial score (nSPS) is 23.3. The van der Waals surface area contributed by atoms with Gasteiger partial charge in [-0.25, -0.2) is 0 Å². The van der Waals surface area contributed by atoms with E-state index in [4.69, 9.17) is 9.84 Å². The quantitative estimate of drug-likeness (QED) is 0.851. The van der Waals surface area contributed by atoms with Gasteiger partial charge in [-0.15, -0.1) is 0 Å². The average molecular weight is 220 g/mol. The third-order valence-electron chi connectivity index (χ3n) is 3.27. The Morgan fingerprint density at radius 2 is 2.25 bits per heavy atom. The monoisotopic (exact) mass is 220 g/mol. The lowest BCUT2D eigenvalue weighted by Gasteiger charge is -2.37. The van der Waals surface area contributed by atoms with Crippen LogP contribution in [0.5, 0.6) is 5.75 Å². The first-order valence-electron chi connectivity index (χ1n) is 5.64. The Hall–Kier alpha value is -1.51. The zero-order valence-electron chi connectivity index (χ0n) is 9.40. The zero-order valence-corrected chi connectivity index (χ0v) is 9.40. The molecule has 1 aliphatic heterocycles. The van der Waals surface area contributed by atoms with Crippen LogP contribution < -0.4 is 4.74 Å². The summed E-state index contributed by atoms with van der Waals surface area (Å²) in [5.74, 6) is 0.0538. The van der Waals surface area contributed by atoms with E-state index >= 15 is 0 Å². The molecule has 0 aliphatic carbocycles. The highest BCUT2D eigenvalue weighted by Gasteiger charge is 2.36. The number of hydrogen-bond donors (Lipinski definition) is 1. The van der Waals surface area contributed by atoms with Crippen LogP contribution in [-0.2, 0) is 11.2 Å². The molecular formula is C13H16O3. The largest absolute Gasteiger partial charge is 0.486 e. The van der Waals surface area contributed by atoms with Crippen molar-refractivity contribution in [2.75, 3.05) is 0 Å². The molecule has 2 rings (SSSR count). The molecule has 1 unspecified atom stereocenters. The van der Waals surface area contributed by atoms with Crippen LogP contribution in [0.25, 0.3) is 0 Å². The maximum Gasteiger partial charge on any atom is 0.307 e. The predicted molar refractivity (Wildman–Crippen MR) is 60.7 cm³/mol. The fraction of sp³-hybridized carbons (Fsp3) is 0.462. The van der Waals surface area contributed by atoms with Crippen molar-refractivity contribution in [3.05, 3.63) is 29.8 Å². The van der Waals surface area contributed by atoms with Gasteiger partial charge in [0.2, 0.25) is 0 Å². The Kier molecular flexibility index (Phi) is 2.86. The number of aryl methyl sites for hydroxylation is 1. The summed E-state index contributed by atoms with van der Waals surface area (Å²) in [5.41, 5.74) is 0.664. The van der Waals surface area contributed by atoms with Crippen LogP contribution >= 0.6 is 0 Å². The van der Waals surface area contributed by atoms with Crippen LogP contribution in [0.15, 0.2) is 24.3 Å². The molecular weight excluding hydrogens is 204 g/mol. The molecule has 1 N–H and O–H groups in total. The first-order chi connectivity index (χ1) is 7.65. The Bertz CT molecular complexity index is 400. The predicted octanol–water partition coefficient (Wildman–Crippen LogP) is 2.64. The van der Waals surface area contributed by atoms with Crippen molar-refractivity contribution in [1.82, 2.24) is 0 Å². The summed E-state index contributed by atoms with van der Waals surface area (Å²) < 4.78 is 5.90. The van der Waals surface area contributed by atoms with E-state index in [-0.39, 0.29) is 6.42 Å². The Morgan fingerprint density at radius 3 is 2.94 bits per heavy atom. The summed E-state index contributed by atoms with van der Waals surface area (Å²) in [6.45, 7) is 1.98. The van der Waals surface area contributed by atoms with E-state index in [1.807, 2.05) is 31.2 Å². The molecule has 0 spiro atoms. The van der Waals surface area contributed by atoms with Gasteiger partial charge in [-0.05, 0) is 30.9 Å². The highest BCUT2D eigenvalue weighted by molar-refractivity contribution is 5.68. The maximum absolute atomic E-state index is 10.9.